The van der Waals surface area contributed by atoms with E-state index in [1.807, 2.05) is 6.34 Å². The lowest BCUT2D eigenvalue weighted by atomic mass is 9.90. The Balaban J connectivity index is 1.57. The van der Waals surface area contributed by atoms with Crippen LogP contribution in [0, 0.1) is 12.8 Å². The van der Waals surface area contributed by atoms with E-state index in [-0.39, 0.29) is 0 Å². The van der Waals surface area contributed by atoms with Gasteiger partial charge in [0.1, 0.15) is 0 Å². The second kappa shape index (κ2) is 11.3. The molecule has 34 heavy (non-hydrogen) atoms. The van der Waals surface area contributed by atoms with Crippen LogP contribution in [0.4, 0.5) is 5.69 Å². The highest BCUT2D eigenvalue weighted by atomic mass is 32.1. The Kier molecular flexibility index (Phi) is 8.20. The molecular formula is C30H39N3S. The average molecular weight is 474 g/mol. The van der Waals surface area contributed by atoms with Gasteiger partial charge in [-0.05, 0) is 98.2 Å². The Bertz CT molecular complexity index is 1140. The summed E-state index contributed by atoms with van der Waals surface area (Å²) >= 11 is 1.78. The second-order valence-electron chi connectivity index (χ2n) is 10.2. The third-order valence-corrected chi connectivity index (χ3v) is 7.81. The number of nitrogens with zero attached hydrogens (tertiary/aromatic N) is 3. The number of fused-ring (bicyclic) bond motifs is 1. The molecule has 1 aromatic heterocycles. The quantitative estimate of drug-likeness (QED) is 0.234. The molecule has 1 aliphatic rings. The predicted octanol–water partition coefficient (Wildman–Crippen LogP) is 7.79. The molecule has 1 heterocycles. The highest BCUT2D eigenvalue weighted by Crippen LogP contribution is 2.31. The number of aryl methyl sites for hydroxylation is 4. The van der Waals surface area contributed by atoms with Gasteiger partial charge in [-0.15, -0.1) is 11.3 Å². The van der Waals surface area contributed by atoms with Crippen molar-refractivity contribution in [3.8, 4) is 11.3 Å². The Morgan fingerprint density at radius 3 is 2.65 bits per heavy atom. The van der Waals surface area contributed by atoms with E-state index < -0.39 is 0 Å². The molecule has 1 aliphatic carbocycles. The summed E-state index contributed by atoms with van der Waals surface area (Å²) in [5, 5.41) is 3.42. The van der Waals surface area contributed by atoms with Gasteiger partial charge in [0.25, 0.3) is 0 Å². The molecule has 0 radical (unpaired) electrons. The van der Waals surface area contributed by atoms with Crippen LogP contribution in [-0.4, -0.2) is 29.8 Å². The Morgan fingerprint density at radius 2 is 1.88 bits per heavy atom. The van der Waals surface area contributed by atoms with Gasteiger partial charge in [0, 0.05) is 31.0 Å². The van der Waals surface area contributed by atoms with Crippen LogP contribution in [0.25, 0.3) is 11.3 Å². The lowest BCUT2D eigenvalue weighted by Crippen LogP contribution is -2.14. The molecule has 0 bridgehead atoms. The van der Waals surface area contributed by atoms with E-state index in [1.165, 1.54) is 70.5 Å². The Morgan fingerprint density at radius 1 is 1.09 bits per heavy atom. The first-order chi connectivity index (χ1) is 16.4. The number of aliphatic imine (C=N–C) groups is 1. The second-order valence-corrected chi connectivity index (χ2v) is 11.1. The summed E-state index contributed by atoms with van der Waals surface area (Å²) in [5.41, 5.74) is 10.6. The number of rotatable bonds is 9. The van der Waals surface area contributed by atoms with Gasteiger partial charge in [0.2, 0.25) is 0 Å². The van der Waals surface area contributed by atoms with E-state index in [0.717, 1.165) is 30.8 Å². The van der Waals surface area contributed by atoms with Crippen molar-refractivity contribution in [1.82, 2.24) is 9.88 Å². The van der Waals surface area contributed by atoms with E-state index in [2.05, 4.69) is 75.4 Å². The minimum atomic E-state index is 0.679. The Labute approximate surface area is 210 Å². The van der Waals surface area contributed by atoms with E-state index in [1.54, 1.807) is 11.3 Å². The summed E-state index contributed by atoms with van der Waals surface area (Å²) in [7, 11) is 2.07. The lowest BCUT2D eigenvalue weighted by Gasteiger charge is -2.16. The van der Waals surface area contributed by atoms with Crippen molar-refractivity contribution in [2.45, 2.75) is 72.6 Å². The lowest BCUT2D eigenvalue weighted by molar-refractivity contribution is 0.551. The molecule has 0 saturated carbocycles. The molecule has 0 N–H and O–H groups in total. The molecule has 2 aromatic carbocycles. The molecule has 3 nitrogen and oxygen atoms in total. The minimum Gasteiger partial charge on any atom is -0.366 e. The zero-order valence-corrected chi connectivity index (χ0v) is 22.3. The van der Waals surface area contributed by atoms with Crippen LogP contribution < -0.4 is 0 Å². The molecular weight excluding hydrogens is 434 g/mol. The van der Waals surface area contributed by atoms with Gasteiger partial charge in [0.15, 0.2) is 0 Å². The van der Waals surface area contributed by atoms with Crippen LogP contribution in [0.3, 0.4) is 0 Å². The molecule has 0 amide bonds. The molecule has 180 valence electrons. The highest BCUT2D eigenvalue weighted by molar-refractivity contribution is 7.10. The Hall–Kier alpha value is -2.46. The summed E-state index contributed by atoms with van der Waals surface area (Å²) in [6.07, 6.45) is 10.2. The van der Waals surface area contributed by atoms with Gasteiger partial charge in [-0.2, -0.15) is 0 Å². The maximum atomic E-state index is 5.04. The molecule has 0 unspecified atom stereocenters. The van der Waals surface area contributed by atoms with Crippen LogP contribution in [0.15, 0.2) is 40.7 Å². The molecule has 0 saturated heterocycles. The fourth-order valence-electron chi connectivity index (χ4n) is 4.57. The van der Waals surface area contributed by atoms with Crippen LogP contribution >= 0.6 is 11.3 Å². The van der Waals surface area contributed by atoms with Crippen LogP contribution in [0.1, 0.15) is 72.9 Å². The fourth-order valence-corrected chi connectivity index (χ4v) is 5.39. The number of hydrogen-bond acceptors (Lipinski definition) is 3. The number of hydrogen-bond donors (Lipinski definition) is 0. The van der Waals surface area contributed by atoms with Gasteiger partial charge in [-0.3, -0.25) is 0 Å². The van der Waals surface area contributed by atoms with Crippen molar-refractivity contribution in [3.63, 3.8) is 0 Å². The SMILES string of the molecule is CCN(C)/C=N/c1cc(C)c(Cc2nc(-c3ccc4c(c3)CCCC4)cs2)cc1CCC(C)C. The van der Waals surface area contributed by atoms with E-state index in [4.69, 9.17) is 9.98 Å². The van der Waals surface area contributed by atoms with Crippen molar-refractivity contribution < 1.29 is 0 Å². The van der Waals surface area contributed by atoms with E-state index in [9.17, 15) is 0 Å². The number of aromatic nitrogens is 1. The van der Waals surface area contributed by atoms with Gasteiger partial charge >= 0.3 is 0 Å². The van der Waals surface area contributed by atoms with E-state index in [0.29, 0.717) is 5.92 Å². The third kappa shape index (κ3) is 6.15. The highest BCUT2D eigenvalue weighted by Gasteiger charge is 2.14. The summed E-state index contributed by atoms with van der Waals surface area (Å²) < 4.78 is 0. The van der Waals surface area contributed by atoms with Gasteiger partial charge in [-0.1, -0.05) is 32.0 Å². The molecule has 4 rings (SSSR count). The van der Waals surface area contributed by atoms with Gasteiger partial charge < -0.3 is 4.90 Å². The smallest absolute Gasteiger partial charge is 0.0976 e. The number of thiazole rings is 1. The summed E-state index contributed by atoms with van der Waals surface area (Å²) in [6, 6.07) is 11.6. The fraction of sp³-hybridized carbons (Fsp3) is 0.467. The zero-order chi connectivity index (χ0) is 24.1. The maximum Gasteiger partial charge on any atom is 0.0976 e. The van der Waals surface area contributed by atoms with Gasteiger partial charge in [-0.25, -0.2) is 9.98 Å². The zero-order valence-electron chi connectivity index (χ0n) is 21.5. The minimum absolute atomic E-state index is 0.679. The van der Waals surface area contributed by atoms with Gasteiger partial charge in [0.05, 0.1) is 22.7 Å². The first-order valence-corrected chi connectivity index (χ1v) is 13.7. The monoisotopic (exact) mass is 473 g/mol. The standard InChI is InChI=1S/C30H39N3S/c1-6-33(5)20-31-28-15-22(4)27(17-25(28)12-11-21(2)3)18-30-32-29(19-34-30)26-14-13-23-9-7-8-10-24(23)16-26/h13-17,19-21H,6-12,18H2,1-5H3/b31-20+. The molecule has 0 atom stereocenters. The summed E-state index contributed by atoms with van der Waals surface area (Å²) in [6.45, 7) is 9.90. The van der Waals surface area contributed by atoms with Crippen molar-refractivity contribution >= 4 is 23.4 Å². The predicted molar refractivity (Wildman–Crippen MR) is 148 cm³/mol. The molecule has 0 spiro atoms. The maximum absolute atomic E-state index is 5.04. The summed E-state index contributed by atoms with van der Waals surface area (Å²) in [5.74, 6) is 0.679. The van der Waals surface area contributed by atoms with Crippen LogP contribution in [0.5, 0.6) is 0 Å². The molecule has 0 fully saturated rings. The van der Waals surface area contributed by atoms with Crippen LogP contribution in [0.2, 0.25) is 0 Å². The largest absolute Gasteiger partial charge is 0.366 e. The van der Waals surface area contributed by atoms with E-state index >= 15 is 0 Å². The average Bonchev–Trinajstić information content (AvgIpc) is 3.31. The van der Waals surface area contributed by atoms with Crippen LogP contribution in [-0.2, 0) is 25.7 Å². The number of benzene rings is 2. The van der Waals surface area contributed by atoms with Crippen molar-refractivity contribution in [2.24, 2.45) is 10.9 Å². The summed E-state index contributed by atoms with van der Waals surface area (Å²) in [4.78, 5) is 12.0. The molecule has 0 aliphatic heterocycles. The van der Waals surface area contributed by atoms with Crippen molar-refractivity contribution in [2.75, 3.05) is 13.6 Å². The first-order valence-electron chi connectivity index (χ1n) is 12.9. The molecule has 3 aromatic rings. The van der Waals surface area contributed by atoms with Crippen molar-refractivity contribution in [1.29, 1.82) is 0 Å². The third-order valence-electron chi connectivity index (χ3n) is 6.96. The normalized spacial score (nSPS) is 13.6. The molecule has 4 heteroatoms. The first kappa shape index (κ1) is 24.7. The van der Waals surface area contributed by atoms with Crippen molar-refractivity contribution in [3.05, 3.63) is 68.5 Å². The topological polar surface area (TPSA) is 28.5 Å².